The molecule has 4 rings (SSSR count). The maximum atomic E-state index is 9.81. The summed E-state index contributed by atoms with van der Waals surface area (Å²) in [4.78, 5) is 8.57. The van der Waals surface area contributed by atoms with Crippen LogP contribution in [0.25, 0.3) is 11.3 Å². The van der Waals surface area contributed by atoms with Crippen molar-refractivity contribution in [1.82, 2.24) is 19.7 Å². The van der Waals surface area contributed by atoms with Gasteiger partial charge in [-0.2, -0.15) is 5.26 Å². The van der Waals surface area contributed by atoms with E-state index in [-0.39, 0.29) is 0 Å². The molecule has 35 heavy (non-hydrogen) atoms. The van der Waals surface area contributed by atoms with Crippen LogP contribution >= 0.6 is 0 Å². The first-order valence-electron chi connectivity index (χ1n) is 11.1. The highest BCUT2D eigenvalue weighted by molar-refractivity contribution is 5.59. The number of ether oxygens (including phenoxy) is 1. The number of hydrogen-bond donors (Lipinski definition) is 1. The molecule has 0 amide bonds. The van der Waals surface area contributed by atoms with Crippen LogP contribution in [0, 0.1) is 23.2 Å². The molecule has 0 radical (unpaired) electrons. The first kappa shape index (κ1) is 23.9. The number of pyridine rings is 1. The lowest BCUT2D eigenvalue weighted by molar-refractivity contribution is 0.0551. The first-order chi connectivity index (χ1) is 16.9. The summed E-state index contributed by atoms with van der Waals surface area (Å²) in [7, 11) is 1.52. The van der Waals surface area contributed by atoms with Crippen LogP contribution in [-0.4, -0.2) is 37.5 Å². The lowest BCUT2D eigenvalue weighted by Crippen LogP contribution is -2.28. The monoisotopic (exact) mass is 467 g/mol. The van der Waals surface area contributed by atoms with Crippen molar-refractivity contribution in [2.24, 2.45) is 0 Å². The number of imidazole rings is 1. The SMILES string of the molecule is COC(C)(C#N)Cc1ccc(C#Cc2ccc(-c3cc(Cn4ccnc4C(C)O)no3)cc2)cn1. The minimum absolute atomic E-state index is 0.405. The molecule has 1 aromatic carbocycles. The van der Waals surface area contributed by atoms with Gasteiger partial charge in [0, 0.05) is 60.6 Å². The van der Waals surface area contributed by atoms with Crippen LogP contribution in [0.1, 0.15) is 48.3 Å². The van der Waals surface area contributed by atoms with Crippen LogP contribution in [0.2, 0.25) is 0 Å². The number of nitrogens with zero attached hydrogens (tertiary/aromatic N) is 5. The third-order valence-electron chi connectivity index (χ3n) is 5.56. The molecule has 0 bridgehead atoms. The summed E-state index contributed by atoms with van der Waals surface area (Å²) in [5.74, 6) is 7.47. The minimum atomic E-state index is -0.896. The molecule has 8 nitrogen and oxygen atoms in total. The predicted molar refractivity (Wildman–Crippen MR) is 129 cm³/mol. The first-order valence-corrected chi connectivity index (χ1v) is 11.1. The molecule has 0 fully saturated rings. The number of aromatic nitrogens is 4. The molecule has 0 spiro atoms. The highest BCUT2D eigenvalue weighted by Crippen LogP contribution is 2.22. The quantitative estimate of drug-likeness (QED) is 0.410. The molecule has 4 aromatic rings. The van der Waals surface area contributed by atoms with Crippen LogP contribution in [0.4, 0.5) is 0 Å². The Balaban J connectivity index is 1.41. The topological polar surface area (TPSA) is 110 Å². The van der Waals surface area contributed by atoms with Gasteiger partial charge in [0.25, 0.3) is 0 Å². The Hall–Kier alpha value is -4.24. The number of rotatable bonds is 7. The van der Waals surface area contributed by atoms with E-state index in [2.05, 4.69) is 33.0 Å². The number of methoxy groups -OCH3 is 1. The van der Waals surface area contributed by atoms with E-state index in [0.717, 1.165) is 28.1 Å². The van der Waals surface area contributed by atoms with Crippen LogP contribution in [0.3, 0.4) is 0 Å². The van der Waals surface area contributed by atoms with E-state index in [1.54, 1.807) is 32.4 Å². The lowest BCUT2D eigenvalue weighted by Gasteiger charge is -2.18. The fourth-order valence-corrected chi connectivity index (χ4v) is 3.49. The van der Waals surface area contributed by atoms with Gasteiger partial charge in [0.1, 0.15) is 17.6 Å². The molecule has 0 aliphatic heterocycles. The van der Waals surface area contributed by atoms with Gasteiger partial charge in [0.2, 0.25) is 0 Å². The van der Waals surface area contributed by atoms with Gasteiger partial charge in [-0.15, -0.1) is 0 Å². The van der Waals surface area contributed by atoms with Gasteiger partial charge in [0.15, 0.2) is 11.4 Å². The molecule has 176 valence electrons. The predicted octanol–water partition coefficient (Wildman–Crippen LogP) is 3.91. The summed E-state index contributed by atoms with van der Waals surface area (Å²) in [6.45, 7) is 3.87. The highest BCUT2D eigenvalue weighted by atomic mass is 16.5. The van der Waals surface area contributed by atoms with Crippen molar-refractivity contribution in [2.75, 3.05) is 7.11 Å². The number of aliphatic hydroxyl groups is 1. The normalized spacial score (nSPS) is 13.3. The van der Waals surface area contributed by atoms with Gasteiger partial charge in [-0.1, -0.05) is 17.0 Å². The minimum Gasteiger partial charge on any atom is -0.385 e. The van der Waals surface area contributed by atoms with E-state index in [1.165, 1.54) is 7.11 Å². The second kappa shape index (κ2) is 10.4. The number of hydrogen-bond acceptors (Lipinski definition) is 7. The molecule has 3 heterocycles. The summed E-state index contributed by atoms with van der Waals surface area (Å²) < 4.78 is 12.6. The van der Waals surface area contributed by atoms with E-state index >= 15 is 0 Å². The average Bonchev–Trinajstić information content (AvgIpc) is 3.54. The average molecular weight is 468 g/mol. The Bertz CT molecular complexity index is 1390. The van der Waals surface area contributed by atoms with E-state index in [0.29, 0.717) is 24.6 Å². The van der Waals surface area contributed by atoms with Crippen LogP contribution < -0.4 is 0 Å². The Kier molecular flexibility index (Phi) is 7.07. The second-order valence-electron chi connectivity index (χ2n) is 8.36. The molecular formula is C27H25N5O3. The molecule has 8 heteroatoms. The fourth-order valence-electron chi connectivity index (χ4n) is 3.49. The largest absolute Gasteiger partial charge is 0.385 e. The Labute approximate surface area is 203 Å². The summed E-state index contributed by atoms with van der Waals surface area (Å²) in [5.41, 5.74) is 3.14. The van der Waals surface area contributed by atoms with Crippen molar-refractivity contribution in [3.8, 4) is 29.2 Å². The smallest absolute Gasteiger partial charge is 0.167 e. The Morgan fingerprint density at radius 3 is 2.51 bits per heavy atom. The van der Waals surface area contributed by atoms with E-state index < -0.39 is 11.7 Å². The molecular weight excluding hydrogens is 442 g/mol. The number of benzene rings is 1. The van der Waals surface area contributed by atoms with Gasteiger partial charge in [-0.25, -0.2) is 4.98 Å². The van der Waals surface area contributed by atoms with E-state index in [1.807, 2.05) is 47.0 Å². The van der Waals surface area contributed by atoms with Crippen molar-refractivity contribution in [3.63, 3.8) is 0 Å². The van der Waals surface area contributed by atoms with Crippen LogP contribution in [-0.2, 0) is 17.7 Å². The maximum absolute atomic E-state index is 9.81. The van der Waals surface area contributed by atoms with Gasteiger partial charge in [-0.05, 0) is 50.2 Å². The third-order valence-corrected chi connectivity index (χ3v) is 5.56. The zero-order chi connectivity index (χ0) is 24.8. The molecule has 1 N–H and O–H groups in total. The summed E-state index contributed by atoms with van der Waals surface area (Å²) in [5, 5.41) is 23.2. The van der Waals surface area contributed by atoms with Crippen LogP contribution in [0.15, 0.2) is 65.6 Å². The van der Waals surface area contributed by atoms with Gasteiger partial charge in [-0.3, -0.25) is 4.98 Å². The molecule has 0 aliphatic carbocycles. The second-order valence-corrected chi connectivity index (χ2v) is 8.36. The van der Waals surface area contributed by atoms with Gasteiger partial charge in [0.05, 0.1) is 12.6 Å². The summed E-state index contributed by atoms with van der Waals surface area (Å²) in [6.07, 6.45) is 4.90. The maximum Gasteiger partial charge on any atom is 0.167 e. The van der Waals surface area contributed by atoms with Gasteiger partial charge < -0.3 is 18.9 Å². The summed E-state index contributed by atoms with van der Waals surface area (Å²) >= 11 is 0. The van der Waals surface area contributed by atoms with Crippen LogP contribution in [0.5, 0.6) is 0 Å². The molecule has 0 aliphatic rings. The summed E-state index contributed by atoms with van der Waals surface area (Å²) in [6, 6.07) is 15.5. The van der Waals surface area contributed by atoms with Crippen molar-refractivity contribution in [2.45, 2.75) is 38.5 Å². The fraction of sp³-hybridized carbons (Fsp3) is 0.259. The Morgan fingerprint density at radius 1 is 1.11 bits per heavy atom. The van der Waals surface area contributed by atoms with E-state index in [9.17, 15) is 10.4 Å². The zero-order valence-corrected chi connectivity index (χ0v) is 19.8. The standard InChI is InChI=1S/C27H25N5O3/c1-19(33)26-29-12-13-32(26)17-24-14-25(35-31-24)22-9-6-20(7-10-22)4-5-21-8-11-23(30-16-21)15-27(2,18-28)34-3/h6-14,16,19,33H,15,17H2,1-3H3. The molecule has 0 saturated heterocycles. The number of nitriles is 1. The van der Waals surface area contributed by atoms with Crippen molar-refractivity contribution >= 4 is 0 Å². The zero-order valence-electron chi connectivity index (χ0n) is 19.8. The van der Waals surface area contributed by atoms with Gasteiger partial charge >= 0.3 is 0 Å². The van der Waals surface area contributed by atoms with Crippen molar-refractivity contribution in [1.29, 1.82) is 5.26 Å². The molecule has 0 saturated carbocycles. The van der Waals surface area contributed by atoms with E-state index in [4.69, 9.17) is 9.26 Å². The molecule has 3 aromatic heterocycles. The third kappa shape index (κ3) is 5.82. The highest BCUT2D eigenvalue weighted by Gasteiger charge is 2.23. The lowest BCUT2D eigenvalue weighted by atomic mass is 10.0. The van der Waals surface area contributed by atoms with Crippen molar-refractivity contribution in [3.05, 3.63) is 89.4 Å². The van der Waals surface area contributed by atoms with Crippen molar-refractivity contribution < 1.29 is 14.4 Å². The Morgan fingerprint density at radius 2 is 1.86 bits per heavy atom. The molecule has 2 unspecified atom stereocenters. The number of aliphatic hydroxyl groups excluding tert-OH is 1. The molecule has 2 atom stereocenters.